The number of hydrogen-bond acceptors (Lipinski definition) is 4. The minimum absolute atomic E-state index is 0.0243. The first-order valence-electron chi connectivity index (χ1n) is 9.13. The summed E-state index contributed by atoms with van der Waals surface area (Å²) < 4.78 is 5.27. The number of ketones is 1. The number of carbonyl (C=O) groups excluding carboxylic acids is 3. The number of likely N-dealkylation sites (N-methyl/N-ethyl adjacent to an activating group) is 1. The Morgan fingerprint density at radius 1 is 1.00 bits per heavy atom. The van der Waals surface area contributed by atoms with Crippen molar-refractivity contribution in [2.24, 2.45) is 11.8 Å². The lowest BCUT2D eigenvalue weighted by Gasteiger charge is -2.34. The summed E-state index contributed by atoms with van der Waals surface area (Å²) in [6, 6.07) is -0.949. The minimum Gasteiger partial charge on any atom is -0.444 e. The van der Waals surface area contributed by atoms with Gasteiger partial charge >= 0.3 is 6.09 Å². The molecule has 0 rings (SSSR count). The number of ether oxygens (including phenoxy) is 1. The topological polar surface area (TPSA) is 75.7 Å². The van der Waals surface area contributed by atoms with E-state index in [1.54, 1.807) is 39.6 Å². The van der Waals surface area contributed by atoms with Crippen LogP contribution in [-0.2, 0) is 14.3 Å². The van der Waals surface area contributed by atoms with Gasteiger partial charge in [0.05, 0.1) is 6.04 Å². The van der Waals surface area contributed by atoms with Crippen LogP contribution in [0.25, 0.3) is 0 Å². The highest BCUT2D eigenvalue weighted by Crippen LogP contribution is 2.17. The number of allylic oxidation sites excluding steroid dienone is 1. The van der Waals surface area contributed by atoms with E-state index in [9.17, 15) is 14.4 Å². The fraction of sp³-hybridized carbons (Fsp3) is 0.750. The van der Waals surface area contributed by atoms with E-state index < -0.39 is 17.7 Å². The Kier molecular flexibility index (Phi) is 9.05. The Balaban J connectivity index is 5.46. The van der Waals surface area contributed by atoms with Gasteiger partial charge in [-0.15, -0.1) is 0 Å². The molecule has 150 valence electrons. The highest BCUT2D eigenvalue weighted by atomic mass is 16.6. The lowest BCUT2D eigenvalue weighted by atomic mass is 9.96. The average Bonchev–Trinajstić information content (AvgIpc) is 2.46. The molecule has 0 aliphatic rings. The maximum absolute atomic E-state index is 13.0. The van der Waals surface area contributed by atoms with E-state index >= 15 is 0 Å². The molecule has 0 aromatic rings. The van der Waals surface area contributed by atoms with E-state index in [-0.39, 0.29) is 29.6 Å². The van der Waals surface area contributed by atoms with Crippen LogP contribution in [0.1, 0.15) is 62.3 Å². The molecule has 0 fully saturated rings. The van der Waals surface area contributed by atoms with Gasteiger partial charge < -0.3 is 15.0 Å². The van der Waals surface area contributed by atoms with Crippen molar-refractivity contribution >= 4 is 17.8 Å². The molecule has 0 aromatic carbocycles. The summed E-state index contributed by atoms with van der Waals surface area (Å²) in [7, 11) is 1.70. The molecule has 0 radical (unpaired) electrons. The summed E-state index contributed by atoms with van der Waals surface area (Å²) in [5, 5.41) is 2.68. The minimum atomic E-state index is -0.706. The fourth-order valence-electron chi connectivity index (χ4n) is 2.44. The van der Waals surface area contributed by atoms with Gasteiger partial charge in [-0.3, -0.25) is 9.59 Å². The molecule has 6 nitrogen and oxygen atoms in total. The Morgan fingerprint density at radius 2 is 1.50 bits per heavy atom. The smallest absolute Gasteiger partial charge is 0.408 e. The molecular formula is C20H36N2O4. The number of carbonyl (C=O) groups is 3. The molecule has 1 unspecified atom stereocenters. The van der Waals surface area contributed by atoms with Crippen LogP contribution in [0.2, 0.25) is 0 Å². The van der Waals surface area contributed by atoms with Gasteiger partial charge in [0.15, 0.2) is 5.78 Å². The van der Waals surface area contributed by atoms with Crippen molar-refractivity contribution < 1.29 is 19.1 Å². The zero-order valence-corrected chi connectivity index (χ0v) is 18.0. The molecule has 0 aliphatic carbocycles. The van der Waals surface area contributed by atoms with Gasteiger partial charge in [-0.1, -0.05) is 33.8 Å². The van der Waals surface area contributed by atoms with Crippen LogP contribution in [0.5, 0.6) is 0 Å². The molecule has 0 aliphatic heterocycles. The molecule has 1 N–H and O–H groups in total. The van der Waals surface area contributed by atoms with E-state index in [1.807, 2.05) is 33.8 Å². The summed E-state index contributed by atoms with van der Waals surface area (Å²) >= 11 is 0. The van der Waals surface area contributed by atoms with Gasteiger partial charge in [0, 0.05) is 7.05 Å². The van der Waals surface area contributed by atoms with Gasteiger partial charge in [0.25, 0.3) is 0 Å². The Bertz CT molecular complexity index is 545. The van der Waals surface area contributed by atoms with Crippen molar-refractivity contribution in [3.63, 3.8) is 0 Å². The summed E-state index contributed by atoms with van der Waals surface area (Å²) in [6.07, 6.45) is 1.20. The second-order valence-electron chi connectivity index (χ2n) is 8.46. The van der Waals surface area contributed by atoms with Gasteiger partial charge in [-0.2, -0.15) is 0 Å². The lowest BCUT2D eigenvalue weighted by molar-refractivity contribution is -0.135. The Morgan fingerprint density at radius 3 is 1.85 bits per heavy atom. The Labute approximate surface area is 158 Å². The molecular weight excluding hydrogens is 332 g/mol. The van der Waals surface area contributed by atoms with Crippen molar-refractivity contribution in [3.8, 4) is 0 Å². The number of amides is 2. The number of Topliss-reactive ketones (excluding diaryl/α,β-unsaturated/α-hetero) is 1. The van der Waals surface area contributed by atoms with E-state index in [0.717, 1.165) is 0 Å². The highest BCUT2D eigenvalue weighted by molar-refractivity contribution is 5.93. The number of alkyl carbamates (subject to hydrolysis) is 1. The van der Waals surface area contributed by atoms with Crippen molar-refractivity contribution in [3.05, 3.63) is 11.6 Å². The molecule has 2 amide bonds. The second kappa shape index (κ2) is 9.74. The predicted molar refractivity (Wildman–Crippen MR) is 104 cm³/mol. The summed E-state index contributed by atoms with van der Waals surface area (Å²) in [5.41, 5.74) is -0.0212. The lowest BCUT2D eigenvalue weighted by Crippen LogP contribution is -2.54. The molecule has 0 aromatic heterocycles. The van der Waals surface area contributed by atoms with Crippen LogP contribution in [0.3, 0.4) is 0 Å². The zero-order chi connectivity index (χ0) is 20.8. The molecule has 26 heavy (non-hydrogen) atoms. The highest BCUT2D eigenvalue weighted by Gasteiger charge is 2.32. The Hall–Kier alpha value is -1.85. The summed E-state index contributed by atoms with van der Waals surface area (Å²) in [4.78, 5) is 38.3. The van der Waals surface area contributed by atoms with E-state index in [0.29, 0.717) is 5.57 Å². The average molecular weight is 369 g/mol. The first-order valence-corrected chi connectivity index (χ1v) is 9.13. The first kappa shape index (κ1) is 24.1. The van der Waals surface area contributed by atoms with Gasteiger partial charge in [0.2, 0.25) is 5.91 Å². The van der Waals surface area contributed by atoms with Crippen LogP contribution < -0.4 is 5.32 Å². The number of rotatable bonds is 7. The van der Waals surface area contributed by atoms with Crippen molar-refractivity contribution in [2.45, 2.75) is 80.0 Å². The molecule has 0 heterocycles. The van der Waals surface area contributed by atoms with Gasteiger partial charge in [0.1, 0.15) is 11.6 Å². The largest absolute Gasteiger partial charge is 0.444 e. The fourth-order valence-corrected chi connectivity index (χ4v) is 2.44. The normalized spacial score (nSPS) is 14.8. The third-order valence-electron chi connectivity index (χ3n) is 4.06. The molecule has 0 spiro atoms. The predicted octanol–water partition coefficient (Wildman–Crippen LogP) is 3.55. The van der Waals surface area contributed by atoms with Crippen molar-refractivity contribution in [1.82, 2.24) is 10.2 Å². The second-order valence-corrected chi connectivity index (χ2v) is 8.46. The molecule has 6 heteroatoms. The van der Waals surface area contributed by atoms with Crippen LogP contribution in [0.15, 0.2) is 11.6 Å². The summed E-state index contributed by atoms with van der Waals surface area (Å²) in [5.74, 6) is -0.225. The van der Waals surface area contributed by atoms with Crippen LogP contribution in [0, 0.1) is 11.8 Å². The number of nitrogens with zero attached hydrogens (tertiary/aromatic N) is 1. The third-order valence-corrected chi connectivity index (χ3v) is 4.06. The van der Waals surface area contributed by atoms with Gasteiger partial charge in [-0.05, 0) is 52.0 Å². The maximum atomic E-state index is 13.0. The number of nitrogens with one attached hydrogen (secondary N) is 1. The van der Waals surface area contributed by atoms with E-state index in [1.165, 1.54) is 6.92 Å². The van der Waals surface area contributed by atoms with Crippen molar-refractivity contribution in [2.75, 3.05) is 7.05 Å². The molecule has 0 bridgehead atoms. The number of hydrogen-bond donors (Lipinski definition) is 1. The van der Waals surface area contributed by atoms with Gasteiger partial charge in [-0.25, -0.2) is 4.79 Å². The SMILES string of the molecule is CC(=O)/C(C)=C/[C@H](C(C)C)N(C)C(=O)C(NC(=O)OC(C)(C)C)C(C)C. The molecule has 0 saturated carbocycles. The maximum Gasteiger partial charge on any atom is 0.408 e. The zero-order valence-electron chi connectivity index (χ0n) is 18.0. The quantitative estimate of drug-likeness (QED) is 0.697. The first-order chi connectivity index (χ1) is 11.7. The summed E-state index contributed by atoms with van der Waals surface area (Å²) in [6.45, 7) is 16.3. The van der Waals surface area contributed by atoms with Crippen LogP contribution in [0.4, 0.5) is 4.79 Å². The molecule has 0 saturated heterocycles. The van der Waals surface area contributed by atoms with Crippen LogP contribution >= 0.6 is 0 Å². The third kappa shape index (κ3) is 8.02. The monoisotopic (exact) mass is 368 g/mol. The van der Waals surface area contributed by atoms with Crippen molar-refractivity contribution in [1.29, 1.82) is 0 Å². The van der Waals surface area contributed by atoms with E-state index in [2.05, 4.69) is 5.32 Å². The van der Waals surface area contributed by atoms with E-state index in [4.69, 9.17) is 4.74 Å². The van der Waals surface area contributed by atoms with Crippen LogP contribution in [-0.4, -0.2) is 47.4 Å². The standard InChI is InChI=1S/C20H36N2O4/c1-12(2)16(11-14(5)15(6)23)22(10)18(24)17(13(3)4)21-19(25)26-20(7,8)9/h11-13,16-17H,1-10H3,(H,21,25)/b14-11+/t16-,17?/m1/s1. The molecule has 2 atom stereocenters.